The summed E-state index contributed by atoms with van der Waals surface area (Å²) in [5.41, 5.74) is 7.38. The highest BCUT2D eigenvalue weighted by atomic mass is 19.4. The molecule has 0 aliphatic carbocycles. The monoisotopic (exact) mass is 327 g/mol. The third-order valence-corrected chi connectivity index (χ3v) is 3.67. The second-order valence-electron chi connectivity index (χ2n) is 5.48. The number of hydrogen-bond acceptors (Lipinski definition) is 3. The van der Waals surface area contributed by atoms with Gasteiger partial charge in [-0.25, -0.2) is 0 Å². The second-order valence-corrected chi connectivity index (χ2v) is 5.48. The maximum atomic E-state index is 12.1. The zero-order chi connectivity index (χ0) is 16.9. The summed E-state index contributed by atoms with van der Waals surface area (Å²) in [6.45, 7) is 2.58. The molecule has 23 heavy (non-hydrogen) atoms. The van der Waals surface area contributed by atoms with E-state index >= 15 is 0 Å². The number of hydrogen-bond donors (Lipinski definition) is 2. The van der Waals surface area contributed by atoms with Crippen LogP contribution >= 0.6 is 0 Å². The van der Waals surface area contributed by atoms with Crippen LogP contribution in [0.25, 0.3) is 5.57 Å². The SMILES string of the molecule is N=C(N)CCCN1CC=C(c2ccc(OC(F)(F)F)cc2)CC1. The molecule has 2 rings (SSSR count). The summed E-state index contributed by atoms with van der Waals surface area (Å²) in [6.07, 6.45) is -0.252. The quantitative estimate of drug-likeness (QED) is 0.622. The molecule has 7 heteroatoms. The minimum absolute atomic E-state index is 0.205. The van der Waals surface area contributed by atoms with Gasteiger partial charge in [0.1, 0.15) is 5.75 Å². The summed E-state index contributed by atoms with van der Waals surface area (Å²) < 4.78 is 40.3. The van der Waals surface area contributed by atoms with Crippen molar-refractivity contribution in [2.45, 2.75) is 25.6 Å². The fourth-order valence-electron chi connectivity index (χ4n) is 2.54. The first-order valence-electron chi connectivity index (χ1n) is 7.44. The van der Waals surface area contributed by atoms with Crippen LogP contribution in [0.2, 0.25) is 0 Å². The van der Waals surface area contributed by atoms with E-state index in [9.17, 15) is 13.2 Å². The second kappa shape index (κ2) is 7.50. The lowest BCUT2D eigenvalue weighted by molar-refractivity contribution is -0.274. The first-order chi connectivity index (χ1) is 10.8. The van der Waals surface area contributed by atoms with E-state index in [1.54, 1.807) is 12.1 Å². The number of rotatable bonds is 6. The predicted molar refractivity (Wildman–Crippen MR) is 83.3 cm³/mol. The van der Waals surface area contributed by atoms with E-state index in [0.717, 1.165) is 43.6 Å². The van der Waals surface area contributed by atoms with Gasteiger partial charge in [-0.05, 0) is 42.7 Å². The van der Waals surface area contributed by atoms with Crippen LogP contribution in [-0.4, -0.2) is 36.7 Å². The van der Waals surface area contributed by atoms with Gasteiger partial charge in [-0.2, -0.15) is 0 Å². The molecule has 3 N–H and O–H groups in total. The first-order valence-corrected chi connectivity index (χ1v) is 7.44. The Morgan fingerprint density at radius 3 is 2.48 bits per heavy atom. The standard InChI is InChI=1S/C16H20F3N3O/c17-16(18,19)23-14-5-3-12(4-6-14)13-7-10-22(11-8-13)9-1-2-15(20)21/h3-7H,1-2,8-11H2,(H3,20,21). The van der Waals surface area contributed by atoms with E-state index in [0.29, 0.717) is 6.42 Å². The maximum absolute atomic E-state index is 12.1. The minimum atomic E-state index is -4.66. The van der Waals surface area contributed by atoms with Gasteiger partial charge in [-0.15, -0.1) is 13.2 Å². The predicted octanol–water partition coefficient (Wildman–Crippen LogP) is 3.39. The van der Waals surface area contributed by atoms with Crippen LogP contribution in [0.15, 0.2) is 30.3 Å². The van der Waals surface area contributed by atoms with E-state index in [1.807, 2.05) is 0 Å². The summed E-state index contributed by atoms with van der Waals surface area (Å²) in [5, 5.41) is 7.19. The van der Waals surface area contributed by atoms with Crippen LogP contribution in [0.3, 0.4) is 0 Å². The third-order valence-electron chi connectivity index (χ3n) is 3.67. The zero-order valence-corrected chi connectivity index (χ0v) is 12.7. The largest absolute Gasteiger partial charge is 0.573 e. The van der Waals surface area contributed by atoms with Gasteiger partial charge in [0.05, 0.1) is 5.84 Å². The molecule has 1 aliphatic heterocycles. The number of amidine groups is 1. The molecule has 0 atom stereocenters. The first kappa shape index (κ1) is 17.3. The molecule has 1 aromatic rings. The van der Waals surface area contributed by atoms with Gasteiger partial charge in [0, 0.05) is 19.5 Å². The van der Waals surface area contributed by atoms with Crippen LogP contribution in [0, 0.1) is 5.41 Å². The van der Waals surface area contributed by atoms with Crippen molar-refractivity contribution in [1.29, 1.82) is 5.41 Å². The average Bonchev–Trinajstić information content (AvgIpc) is 2.47. The van der Waals surface area contributed by atoms with Crippen LogP contribution < -0.4 is 10.5 Å². The molecule has 0 fully saturated rings. The van der Waals surface area contributed by atoms with Crippen LogP contribution in [0.1, 0.15) is 24.8 Å². The number of nitrogens with zero attached hydrogens (tertiary/aromatic N) is 1. The normalized spacial score (nSPS) is 16.0. The number of ether oxygens (including phenoxy) is 1. The van der Waals surface area contributed by atoms with Gasteiger partial charge in [0.25, 0.3) is 0 Å². The molecule has 0 saturated heterocycles. The number of halogens is 3. The lowest BCUT2D eigenvalue weighted by Crippen LogP contribution is -2.30. The van der Waals surface area contributed by atoms with E-state index in [-0.39, 0.29) is 11.6 Å². The van der Waals surface area contributed by atoms with Gasteiger partial charge < -0.3 is 10.5 Å². The van der Waals surface area contributed by atoms with Crippen molar-refractivity contribution in [2.24, 2.45) is 5.73 Å². The molecule has 0 saturated carbocycles. The van der Waals surface area contributed by atoms with Crippen LogP contribution in [0.5, 0.6) is 5.75 Å². The summed E-state index contributed by atoms with van der Waals surface area (Å²) >= 11 is 0. The molecule has 0 spiro atoms. The molecule has 1 heterocycles. The lowest BCUT2D eigenvalue weighted by atomic mass is 9.99. The topological polar surface area (TPSA) is 62.3 Å². The fourth-order valence-corrected chi connectivity index (χ4v) is 2.54. The Morgan fingerprint density at radius 2 is 1.96 bits per heavy atom. The summed E-state index contributed by atoms with van der Waals surface area (Å²) in [6, 6.07) is 5.97. The average molecular weight is 327 g/mol. The summed E-state index contributed by atoms with van der Waals surface area (Å²) in [5.74, 6) is 0.00271. The van der Waals surface area contributed by atoms with E-state index < -0.39 is 6.36 Å². The minimum Gasteiger partial charge on any atom is -0.406 e. The molecule has 1 aromatic carbocycles. The molecule has 0 unspecified atom stereocenters. The van der Waals surface area contributed by atoms with Crippen molar-refractivity contribution >= 4 is 11.4 Å². The molecule has 0 bridgehead atoms. The van der Waals surface area contributed by atoms with Crippen molar-refractivity contribution < 1.29 is 17.9 Å². The Morgan fingerprint density at radius 1 is 1.26 bits per heavy atom. The molecule has 0 radical (unpaired) electrons. The Bertz CT molecular complexity index is 567. The Balaban J connectivity index is 1.88. The van der Waals surface area contributed by atoms with Crippen molar-refractivity contribution in [3.63, 3.8) is 0 Å². The molecule has 4 nitrogen and oxygen atoms in total. The van der Waals surface area contributed by atoms with Gasteiger partial charge in [-0.1, -0.05) is 18.2 Å². The molecule has 126 valence electrons. The fraction of sp³-hybridized carbons (Fsp3) is 0.438. The van der Waals surface area contributed by atoms with Gasteiger partial charge in [-0.3, -0.25) is 10.3 Å². The highest BCUT2D eigenvalue weighted by molar-refractivity contribution is 5.76. The smallest absolute Gasteiger partial charge is 0.406 e. The highest BCUT2D eigenvalue weighted by Crippen LogP contribution is 2.27. The number of benzene rings is 1. The Labute approximate surface area is 133 Å². The van der Waals surface area contributed by atoms with Gasteiger partial charge >= 0.3 is 6.36 Å². The maximum Gasteiger partial charge on any atom is 0.573 e. The number of nitrogens with two attached hydrogens (primary N) is 1. The molecule has 0 amide bonds. The summed E-state index contributed by atoms with van der Waals surface area (Å²) in [4.78, 5) is 2.27. The van der Waals surface area contributed by atoms with Crippen molar-refractivity contribution in [3.8, 4) is 5.75 Å². The summed E-state index contributed by atoms with van der Waals surface area (Å²) in [7, 11) is 0. The molecular weight excluding hydrogens is 307 g/mol. The Kier molecular flexibility index (Phi) is 5.65. The van der Waals surface area contributed by atoms with Gasteiger partial charge in [0.2, 0.25) is 0 Å². The molecule has 0 aromatic heterocycles. The number of nitrogens with one attached hydrogen (secondary N) is 1. The van der Waals surface area contributed by atoms with E-state index in [1.165, 1.54) is 12.1 Å². The Hall–Kier alpha value is -2.02. The lowest BCUT2D eigenvalue weighted by Gasteiger charge is -2.26. The van der Waals surface area contributed by atoms with Crippen LogP contribution in [-0.2, 0) is 0 Å². The van der Waals surface area contributed by atoms with Gasteiger partial charge in [0.15, 0.2) is 0 Å². The van der Waals surface area contributed by atoms with Crippen molar-refractivity contribution in [2.75, 3.05) is 19.6 Å². The third kappa shape index (κ3) is 5.94. The van der Waals surface area contributed by atoms with Crippen LogP contribution in [0.4, 0.5) is 13.2 Å². The highest BCUT2D eigenvalue weighted by Gasteiger charge is 2.31. The van der Waals surface area contributed by atoms with Crippen molar-refractivity contribution in [3.05, 3.63) is 35.9 Å². The zero-order valence-electron chi connectivity index (χ0n) is 12.7. The molecular formula is C16H20F3N3O. The van der Waals surface area contributed by atoms with Crippen molar-refractivity contribution in [1.82, 2.24) is 4.90 Å². The number of alkyl halides is 3. The van der Waals surface area contributed by atoms with E-state index in [4.69, 9.17) is 11.1 Å². The molecule has 1 aliphatic rings. The van der Waals surface area contributed by atoms with E-state index in [2.05, 4.69) is 15.7 Å².